The Kier molecular flexibility index (Phi) is 3.47. The fourth-order valence-corrected chi connectivity index (χ4v) is 1.81. The summed E-state index contributed by atoms with van der Waals surface area (Å²) < 4.78 is 5.46. The molecule has 1 aliphatic rings. The van der Waals surface area contributed by atoms with Gasteiger partial charge >= 0.3 is 0 Å². The molecule has 82 valence electrons. The van der Waals surface area contributed by atoms with Gasteiger partial charge in [0.25, 0.3) is 0 Å². The predicted molar refractivity (Wildman–Crippen MR) is 57.9 cm³/mol. The van der Waals surface area contributed by atoms with Gasteiger partial charge in [0.2, 0.25) is 0 Å². The smallest absolute Gasteiger partial charge is 0.132 e. The summed E-state index contributed by atoms with van der Waals surface area (Å²) in [7, 11) is 1.95. The summed E-state index contributed by atoms with van der Waals surface area (Å²) in [5.41, 5.74) is 0. The number of nitrogens with zero attached hydrogens (tertiary/aromatic N) is 3. The number of likely N-dealkylation sites (N-methyl/N-ethyl adjacent to an activating group) is 1. The van der Waals surface area contributed by atoms with Crippen LogP contribution < -0.4 is 10.2 Å². The Hall–Kier alpha value is -1.20. The first-order chi connectivity index (χ1) is 7.42. The minimum Gasteiger partial charge on any atom is -0.377 e. The monoisotopic (exact) mass is 208 g/mol. The first-order valence-corrected chi connectivity index (χ1v) is 5.17. The fraction of sp³-hybridized carbons (Fsp3) is 0.600. The average molecular weight is 208 g/mol. The van der Waals surface area contributed by atoms with E-state index in [0.29, 0.717) is 6.04 Å². The molecule has 1 unspecified atom stereocenters. The second kappa shape index (κ2) is 5.04. The molecule has 0 aromatic carbocycles. The summed E-state index contributed by atoms with van der Waals surface area (Å²) in [5, 5.41) is 3.17. The second-order valence-electron chi connectivity index (χ2n) is 3.55. The highest BCUT2D eigenvalue weighted by atomic mass is 16.5. The number of anilines is 1. The molecule has 0 spiro atoms. The van der Waals surface area contributed by atoms with E-state index in [0.717, 1.165) is 32.1 Å². The van der Waals surface area contributed by atoms with Gasteiger partial charge in [-0.25, -0.2) is 9.97 Å². The maximum absolute atomic E-state index is 5.46. The van der Waals surface area contributed by atoms with Crippen LogP contribution in [0.5, 0.6) is 0 Å². The largest absolute Gasteiger partial charge is 0.377 e. The highest BCUT2D eigenvalue weighted by Crippen LogP contribution is 2.15. The van der Waals surface area contributed by atoms with Crippen molar-refractivity contribution in [2.45, 2.75) is 6.04 Å². The molecule has 0 saturated carbocycles. The zero-order valence-electron chi connectivity index (χ0n) is 8.89. The van der Waals surface area contributed by atoms with E-state index in [9.17, 15) is 0 Å². The van der Waals surface area contributed by atoms with Crippen LogP contribution in [0.4, 0.5) is 5.82 Å². The highest BCUT2D eigenvalue weighted by molar-refractivity contribution is 5.38. The molecule has 1 fully saturated rings. The van der Waals surface area contributed by atoms with Gasteiger partial charge in [0.05, 0.1) is 19.3 Å². The summed E-state index contributed by atoms with van der Waals surface area (Å²) in [5.74, 6) is 0.980. The van der Waals surface area contributed by atoms with Crippen LogP contribution in [-0.2, 0) is 4.74 Å². The van der Waals surface area contributed by atoms with Gasteiger partial charge in [-0.3, -0.25) is 0 Å². The number of ether oxygens (including phenoxy) is 1. The van der Waals surface area contributed by atoms with E-state index in [-0.39, 0.29) is 0 Å². The molecule has 0 amide bonds. The van der Waals surface area contributed by atoms with Crippen molar-refractivity contribution in [3.63, 3.8) is 0 Å². The first kappa shape index (κ1) is 10.3. The van der Waals surface area contributed by atoms with Crippen molar-refractivity contribution < 1.29 is 4.74 Å². The van der Waals surface area contributed by atoms with Gasteiger partial charge < -0.3 is 15.0 Å². The van der Waals surface area contributed by atoms with Crippen LogP contribution in [0.2, 0.25) is 0 Å². The molecular weight excluding hydrogens is 192 g/mol. The molecule has 5 heteroatoms. The van der Waals surface area contributed by atoms with E-state index < -0.39 is 0 Å². The van der Waals surface area contributed by atoms with Crippen molar-refractivity contribution in [2.24, 2.45) is 0 Å². The maximum Gasteiger partial charge on any atom is 0.132 e. The topological polar surface area (TPSA) is 50.3 Å². The van der Waals surface area contributed by atoms with Crippen LogP contribution >= 0.6 is 0 Å². The molecule has 0 radical (unpaired) electrons. The third kappa shape index (κ3) is 2.43. The SMILES string of the molecule is CNCC1COCCN1c1ccncn1. The summed E-state index contributed by atoms with van der Waals surface area (Å²) in [6.07, 6.45) is 3.36. The predicted octanol–water partition coefficient (Wildman–Crippen LogP) is -0.0988. The molecular formula is C10H16N4O. The number of aromatic nitrogens is 2. The molecule has 1 saturated heterocycles. The number of nitrogens with one attached hydrogen (secondary N) is 1. The van der Waals surface area contributed by atoms with Crippen molar-refractivity contribution in [3.8, 4) is 0 Å². The lowest BCUT2D eigenvalue weighted by Gasteiger charge is -2.36. The Morgan fingerprint density at radius 3 is 3.33 bits per heavy atom. The minimum atomic E-state index is 0.360. The third-order valence-corrected chi connectivity index (χ3v) is 2.53. The lowest BCUT2D eigenvalue weighted by atomic mass is 10.2. The van der Waals surface area contributed by atoms with Crippen molar-refractivity contribution >= 4 is 5.82 Å². The van der Waals surface area contributed by atoms with Crippen LogP contribution in [0.1, 0.15) is 0 Å². The van der Waals surface area contributed by atoms with Gasteiger partial charge in [0.1, 0.15) is 12.1 Å². The lowest BCUT2D eigenvalue weighted by Crippen LogP contribution is -2.50. The van der Waals surface area contributed by atoms with Gasteiger partial charge in [0, 0.05) is 19.3 Å². The van der Waals surface area contributed by atoms with Gasteiger partial charge in [0.15, 0.2) is 0 Å². The zero-order valence-corrected chi connectivity index (χ0v) is 8.89. The van der Waals surface area contributed by atoms with Gasteiger partial charge in [-0.15, -0.1) is 0 Å². The highest BCUT2D eigenvalue weighted by Gasteiger charge is 2.23. The quantitative estimate of drug-likeness (QED) is 0.752. The maximum atomic E-state index is 5.46. The van der Waals surface area contributed by atoms with Crippen molar-refractivity contribution in [1.82, 2.24) is 15.3 Å². The Balaban J connectivity index is 2.11. The third-order valence-electron chi connectivity index (χ3n) is 2.53. The Bertz CT molecular complexity index is 291. The number of rotatable bonds is 3. The number of hydrogen-bond donors (Lipinski definition) is 1. The summed E-state index contributed by atoms with van der Waals surface area (Å²) >= 11 is 0. The van der Waals surface area contributed by atoms with Crippen molar-refractivity contribution in [3.05, 3.63) is 18.6 Å². The molecule has 1 aromatic heterocycles. The van der Waals surface area contributed by atoms with E-state index >= 15 is 0 Å². The summed E-state index contributed by atoms with van der Waals surface area (Å²) in [4.78, 5) is 10.5. The van der Waals surface area contributed by atoms with Crippen LogP contribution in [0, 0.1) is 0 Å². The lowest BCUT2D eigenvalue weighted by molar-refractivity contribution is 0.0939. The Labute approximate surface area is 89.5 Å². The van der Waals surface area contributed by atoms with Gasteiger partial charge in [-0.05, 0) is 13.1 Å². The fourth-order valence-electron chi connectivity index (χ4n) is 1.81. The average Bonchev–Trinajstić information content (AvgIpc) is 2.31. The Morgan fingerprint density at radius 2 is 2.60 bits per heavy atom. The molecule has 1 N–H and O–H groups in total. The van der Waals surface area contributed by atoms with E-state index in [1.54, 1.807) is 12.5 Å². The molecule has 1 atom stereocenters. The molecule has 5 nitrogen and oxygen atoms in total. The van der Waals surface area contributed by atoms with Crippen molar-refractivity contribution in [2.75, 3.05) is 38.3 Å². The molecule has 2 rings (SSSR count). The zero-order chi connectivity index (χ0) is 10.5. The normalized spacial score (nSPS) is 21.7. The van der Waals surface area contributed by atoms with Gasteiger partial charge in [-0.1, -0.05) is 0 Å². The summed E-state index contributed by atoms with van der Waals surface area (Å²) in [6, 6.07) is 2.30. The van der Waals surface area contributed by atoms with Crippen LogP contribution in [0.15, 0.2) is 18.6 Å². The molecule has 0 bridgehead atoms. The number of hydrogen-bond acceptors (Lipinski definition) is 5. The van der Waals surface area contributed by atoms with Gasteiger partial charge in [-0.2, -0.15) is 0 Å². The molecule has 2 heterocycles. The van der Waals surface area contributed by atoms with E-state index in [4.69, 9.17) is 4.74 Å². The van der Waals surface area contributed by atoms with E-state index in [1.165, 1.54) is 0 Å². The molecule has 15 heavy (non-hydrogen) atoms. The van der Waals surface area contributed by atoms with E-state index in [2.05, 4.69) is 20.2 Å². The molecule has 1 aromatic rings. The van der Waals surface area contributed by atoms with E-state index in [1.807, 2.05) is 13.1 Å². The van der Waals surface area contributed by atoms with Crippen molar-refractivity contribution in [1.29, 1.82) is 0 Å². The molecule has 1 aliphatic heterocycles. The first-order valence-electron chi connectivity index (χ1n) is 5.17. The standard InChI is InChI=1S/C10H16N4O/c1-11-6-9-7-15-5-4-14(9)10-2-3-12-8-13-10/h2-3,8-9,11H,4-7H2,1H3. The summed E-state index contributed by atoms with van der Waals surface area (Å²) in [6.45, 7) is 3.32. The van der Waals surface area contributed by atoms with Crippen LogP contribution in [0.25, 0.3) is 0 Å². The van der Waals surface area contributed by atoms with Crippen LogP contribution in [0.3, 0.4) is 0 Å². The molecule has 0 aliphatic carbocycles. The van der Waals surface area contributed by atoms with Crippen LogP contribution in [-0.4, -0.2) is 49.4 Å². The second-order valence-corrected chi connectivity index (χ2v) is 3.55. The Morgan fingerprint density at radius 1 is 1.67 bits per heavy atom. The number of morpholine rings is 1. The minimum absolute atomic E-state index is 0.360.